The average Bonchev–Trinajstić information content (AvgIpc) is 2.16. The van der Waals surface area contributed by atoms with Gasteiger partial charge in [-0.15, -0.1) is 5.48 Å². The van der Waals surface area contributed by atoms with Crippen molar-refractivity contribution in [2.24, 2.45) is 5.16 Å². The fraction of sp³-hybridized carbons (Fsp3) is 0.778. The third-order valence-electron chi connectivity index (χ3n) is 2.52. The van der Waals surface area contributed by atoms with E-state index in [-0.39, 0.29) is 0 Å². The maximum Gasteiger partial charge on any atom is 0.321 e. The molecule has 0 unspecified atom stereocenters. The van der Waals surface area contributed by atoms with Gasteiger partial charge in [-0.3, -0.25) is 4.79 Å². The number of hydrogen-bond donors (Lipinski definition) is 2. The van der Waals surface area contributed by atoms with Gasteiger partial charge in [-0.25, -0.2) is 0 Å². The SMILES string of the molecule is CC(=O)ON[C@@]1(C)CCCC/C1=N/O. The fourth-order valence-electron chi connectivity index (χ4n) is 1.65. The highest BCUT2D eigenvalue weighted by molar-refractivity contribution is 5.93. The van der Waals surface area contributed by atoms with E-state index < -0.39 is 11.5 Å². The molecule has 14 heavy (non-hydrogen) atoms. The summed E-state index contributed by atoms with van der Waals surface area (Å²) in [5.74, 6) is -0.394. The van der Waals surface area contributed by atoms with Crippen LogP contribution in [0.25, 0.3) is 0 Å². The molecule has 5 nitrogen and oxygen atoms in total. The van der Waals surface area contributed by atoms with Crippen LogP contribution in [0.1, 0.15) is 39.5 Å². The maximum absolute atomic E-state index is 10.6. The smallest absolute Gasteiger partial charge is 0.321 e. The van der Waals surface area contributed by atoms with Crippen LogP contribution in [0.3, 0.4) is 0 Å². The van der Waals surface area contributed by atoms with Crippen LogP contribution in [0, 0.1) is 0 Å². The van der Waals surface area contributed by atoms with Crippen molar-refractivity contribution in [1.82, 2.24) is 5.48 Å². The van der Waals surface area contributed by atoms with Crippen LogP contribution >= 0.6 is 0 Å². The van der Waals surface area contributed by atoms with E-state index in [0.29, 0.717) is 5.71 Å². The molecule has 1 saturated carbocycles. The standard InChI is InChI=1S/C9H16N2O3/c1-7(12)14-11-9(2)6-4-3-5-8(9)10-13/h11,13H,3-6H2,1-2H3/b10-8-/t9-/m0/s1. The summed E-state index contributed by atoms with van der Waals surface area (Å²) < 4.78 is 0. The molecule has 1 fully saturated rings. The zero-order chi connectivity index (χ0) is 10.6. The van der Waals surface area contributed by atoms with Crippen molar-refractivity contribution < 1.29 is 14.8 Å². The Morgan fingerprint density at radius 2 is 2.36 bits per heavy atom. The van der Waals surface area contributed by atoms with Gasteiger partial charge in [-0.2, -0.15) is 0 Å². The molecular formula is C9H16N2O3. The van der Waals surface area contributed by atoms with E-state index >= 15 is 0 Å². The van der Waals surface area contributed by atoms with E-state index in [1.54, 1.807) is 0 Å². The quantitative estimate of drug-likeness (QED) is 0.519. The van der Waals surface area contributed by atoms with Gasteiger partial charge >= 0.3 is 5.97 Å². The lowest BCUT2D eigenvalue weighted by Crippen LogP contribution is -2.51. The van der Waals surface area contributed by atoms with Gasteiger partial charge in [0.05, 0.1) is 11.3 Å². The maximum atomic E-state index is 10.6. The van der Waals surface area contributed by atoms with Gasteiger partial charge in [-0.05, 0) is 26.2 Å². The molecule has 1 rings (SSSR count). The number of rotatable bonds is 2. The first kappa shape index (κ1) is 11.0. The fourth-order valence-corrected chi connectivity index (χ4v) is 1.65. The molecular weight excluding hydrogens is 184 g/mol. The van der Waals surface area contributed by atoms with Crippen molar-refractivity contribution in [2.45, 2.75) is 45.1 Å². The van der Waals surface area contributed by atoms with Crippen molar-refractivity contribution in [2.75, 3.05) is 0 Å². The second-order valence-corrected chi connectivity index (χ2v) is 3.78. The number of hydroxylamine groups is 1. The Hall–Kier alpha value is -1.10. The van der Waals surface area contributed by atoms with E-state index in [2.05, 4.69) is 10.6 Å². The van der Waals surface area contributed by atoms with Crippen molar-refractivity contribution >= 4 is 11.7 Å². The van der Waals surface area contributed by atoms with Gasteiger partial charge in [0.2, 0.25) is 0 Å². The lowest BCUT2D eigenvalue weighted by atomic mass is 9.82. The molecule has 0 aromatic rings. The molecule has 0 bridgehead atoms. The largest absolute Gasteiger partial charge is 0.411 e. The molecule has 1 aliphatic rings. The Balaban J connectivity index is 2.63. The lowest BCUT2D eigenvalue weighted by molar-refractivity contribution is -0.151. The average molecular weight is 200 g/mol. The number of nitrogens with one attached hydrogen (secondary N) is 1. The topological polar surface area (TPSA) is 70.9 Å². The molecule has 0 aliphatic heterocycles. The molecule has 0 spiro atoms. The number of hydrogen-bond acceptors (Lipinski definition) is 5. The van der Waals surface area contributed by atoms with Crippen molar-refractivity contribution in [1.29, 1.82) is 0 Å². The molecule has 0 heterocycles. The predicted octanol–water partition coefficient (Wildman–Crippen LogP) is 1.22. The van der Waals surface area contributed by atoms with E-state index in [0.717, 1.165) is 25.7 Å². The van der Waals surface area contributed by atoms with E-state index in [4.69, 9.17) is 10.0 Å². The van der Waals surface area contributed by atoms with Crippen LogP contribution in [-0.4, -0.2) is 22.4 Å². The second-order valence-electron chi connectivity index (χ2n) is 3.78. The van der Waals surface area contributed by atoms with Gasteiger partial charge in [-0.1, -0.05) is 11.6 Å². The third kappa shape index (κ3) is 2.45. The second kappa shape index (κ2) is 4.41. The first-order valence-corrected chi connectivity index (χ1v) is 4.74. The molecule has 0 amide bonds. The Morgan fingerprint density at radius 3 is 2.93 bits per heavy atom. The Bertz CT molecular complexity index is 252. The number of oxime groups is 1. The third-order valence-corrected chi connectivity index (χ3v) is 2.52. The highest BCUT2D eigenvalue weighted by Gasteiger charge is 2.34. The summed E-state index contributed by atoms with van der Waals surface area (Å²) in [6.07, 6.45) is 3.58. The van der Waals surface area contributed by atoms with Crippen LogP contribution in [0.15, 0.2) is 5.16 Å². The summed E-state index contributed by atoms with van der Waals surface area (Å²) in [6.45, 7) is 3.19. The zero-order valence-corrected chi connectivity index (χ0v) is 8.54. The molecule has 2 N–H and O–H groups in total. The van der Waals surface area contributed by atoms with Crippen molar-refractivity contribution in [3.8, 4) is 0 Å². The number of carbonyl (C=O) groups is 1. The summed E-state index contributed by atoms with van der Waals surface area (Å²) in [5.41, 5.74) is 2.79. The lowest BCUT2D eigenvalue weighted by Gasteiger charge is -2.33. The highest BCUT2D eigenvalue weighted by Crippen LogP contribution is 2.25. The van der Waals surface area contributed by atoms with Crippen LogP contribution in [0.5, 0.6) is 0 Å². The minimum absolute atomic E-state index is 0.394. The zero-order valence-electron chi connectivity index (χ0n) is 8.54. The Morgan fingerprint density at radius 1 is 1.64 bits per heavy atom. The molecule has 0 aromatic heterocycles. The summed E-state index contributed by atoms with van der Waals surface area (Å²) in [6, 6.07) is 0. The number of carbonyl (C=O) groups excluding carboxylic acids is 1. The summed E-state index contributed by atoms with van der Waals surface area (Å²) in [5, 5.41) is 12.0. The van der Waals surface area contributed by atoms with Crippen LogP contribution < -0.4 is 5.48 Å². The number of nitrogens with zero attached hydrogens (tertiary/aromatic N) is 1. The normalized spacial score (nSPS) is 30.3. The molecule has 1 atom stereocenters. The Kier molecular flexibility index (Phi) is 3.46. The van der Waals surface area contributed by atoms with Gasteiger partial charge < -0.3 is 10.0 Å². The van der Waals surface area contributed by atoms with Crippen molar-refractivity contribution in [3.63, 3.8) is 0 Å². The van der Waals surface area contributed by atoms with Crippen LogP contribution in [0.4, 0.5) is 0 Å². The van der Waals surface area contributed by atoms with Gasteiger partial charge in [0, 0.05) is 6.92 Å². The first-order valence-electron chi connectivity index (χ1n) is 4.74. The monoisotopic (exact) mass is 200 g/mol. The molecule has 0 aromatic carbocycles. The minimum atomic E-state index is -0.515. The highest BCUT2D eigenvalue weighted by atomic mass is 16.7. The van der Waals surface area contributed by atoms with Crippen LogP contribution in [0.2, 0.25) is 0 Å². The van der Waals surface area contributed by atoms with E-state index in [9.17, 15) is 4.79 Å². The molecule has 0 radical (unpaired) electrons. The molecule has 1 aliphatic carbocycles. The minimum Gasteiger partial charge on any atom is -0.411 e. The predicted molar refractivity (Wildman–Crippen MR) is 51.0 cm³/mol. The summed E-state index contributed by atoms with van der Waals surface area (Å²) in [4.78, 5) is 15.4. The molecule has 5 heteroatoms. The van der Waals surface area contributed by atoms with Crippen LogP contribution in [-0.2, 0) is 9.63 Å². The van der Waals surface area contributed by atoms with Crippen molar-refractivity contribution in [3.05, 3.63) is 0 Å². The summed E-state index contributed by atoms with van der Waals surface area (Å²) >= 11 is 0. The summed E-state index contributed by atoms with van der Waals surface area (Å²) in [7, 11) is 0. The molecule has 0 saturated heterocycles. The van der Waals surface area contributed by atoms with Gasteiger partial charge in [0.15, 0.2) is 0 Å². The van der Waals surface area contributed by atoms with E-state index in [1.807, 2.05) is 6.92 Å². The van der Waals surface area contributed by atoms with Gasteiger partial charge in [0.25, 0.3) is 0 Å². The molecule has 80 valence electrons. The van der Waals surface area contributed by atoms with Gasteiger partial charge in [0.1, 0.15) is 0 Å². The first-order chi connectivity index (χ1) is 6.58. The van der Waals surface area contributed by atoms with E-state index in [1.165, 1.54) is 6.92 Å². The Labute approximate surface area is 83.1 Å².